The molecule has 2 aliphatic rings. The van der Waals surface area contributed by atoms with Crippen molar-refractivity contribution < 1.29 is 14.7 Å². The maximum Gasteiger partial charge on any atom is 0.407 e. The Morgan fingerprint density at radius 3 is 2.46 bits per heavy atom. The molecule has 1 aliphatic carbocycles. The zero-order chi connectivity index (χ0) is 24.5. The number of anilines is 3. The molecule has 0 radical (unpaired) electrons. The van der Waals surface area contributed by atoms with Gasteiger partial charge in [-0.3, -0.25) is 4.79 Å². The summed E-state index contributed by atoms with van der Waals surface area (Å²) >= 11 is 1.48. The predicted molar refractivity (Wildman–Crippen MR) is 136 cm³/mol. The number of thiophene rings is 1. The van der Waals surface area contributed by atoms with Crippen LogP contribution in [0.2, 0.25) is 0 Å². The van der Waals surface area contributed by atoms with Crippen LogP contribution in [0.15, 0.2) is 24.5 Å². The minimum atomic E-state index is -0.876. The summed E-state index contributed by atoms with van der Waals surface area (Å²) in [5.74, 6) is 1.45. The van der Waals surface area contributed by atoms with Gasteiger partial charge in [0, 0.05) is 45.8 Å². The van der Waals surface area contributed by atoms with Gasteiger partial charge >= 0.3 is 6.09 Å². The lowest BCUT2D eigenvalue weighted by atomic mass is 9.96. The van der Waals surface area contributed by atoms with E-state index in [0.717, 1.165) is 39.2 Å². The smallest absolute Gasteiger partial charge is 0.407 e. The van der Waals surface area contributed by atoms with E-state index in [9.17, 15) is 9.59 Å². The van der Waals surface area contributed by atoms with Crippen LogP contribution in [0.3, 0.4) is 0 Å². The summed E-state index contributed by atoms with van der Waals surface area (Å²) in [5, 5.41) is 12.3. The molecular formula is C24H29N7O3S. The Labute approximate surface area is 207 Å². The van der Waals surface area contributed by atoms with E-state index < -0.39 is 6.09 Å². The van der Waals surface area contributed by atoms with Crippen LogP contribution in [-0.4, -0.2) is 82.1 Å². The third kappa shape index (κ3) is 4.72. The number of piperazine rings is 1. The number of carbonyl (C=O) groups is 2. The largest absolute Gasteiger partial charge is 0.465 e. The minimum Gasteiger partial charge on any atom is -0.465 e. The van der Waals surface area contributed by atoms with Gasteiger partial charge in [0.2, 0.25) is 5.95 Å². The van der Waals surface area contributed by atoms with Crippen molar-refractivity contribution in [3.63, 3.8) is 0 Å². The highest BCUT2D eigenvalue weighted by Gasteiger charge is 2.29. The number of nitrogens with zero attached hydrogens (tertiary/aromatic N) is 6. The number of hydrogen-bond acceptors (Lipinski definition) is 8. The van der Waals surface area contributed by atoms with Crippen LogP contribution in [0.1, 0.15) is 46.8 Å². The number of nitrogens with one attached hydrogen (secondary N) is 1. The lowest BCUT2D eigenvalue weighted by Gasteiger charge is -2.34. The Morgan fingerprint density at radius 1 is 1.09 bits per heavy atom. The molecule has 0 spiro atoms. The summed E-state index contributed by atoms with van der Waals surface area (Å²) in [6, 6.07) is 3.84. The third-order valence-electron chi connectivity index (χ3n) is 6.73. The normalized spacial score (nSPS) is 16.6. The van der Waals surface area contributed by atoms with Gasteiger partial charge in [-0.15, -0.1) is 11.3 Å². The number of carbonyl (C=O) groups excluding carboxylic acids is 1. The van der Waals surface area contributed by atoms with Crippen LogP contribution in [0.25, 0.3) is 10.2 Å². The molecular weight excluding hydrogens is 466 g/mol. The number of rotatable bonds is 5. The molecule has 2 fully saturated rings. The Morgan fingerprint density at radius 2 is 1.83 bits per heavy atom. The highest BCUT2D eigenvalue weighted by atomic mass is 32.1. The van der Waals surface area contributed by atoms with Crippen molar-refractivity contribution in [3.8, 4) is 0 Å². The number of hydrogen-bond donors (Lipinski definition) is 2. The maximum atomic E-state index is 12.9. The van der Waals surface area contributed by atoms with Gasteiger partial charge in [0.25, 0.3) is 5.91 Å². The summed E-state index contributed by atoms with van der Waals surface area (Å²) in [6.45, 7) is 2.23. The first-order valence-corrected chi connectivity index (χ1v) is 12.7. The van der Waals surface area contributed by atoms with Crippen LogP contribution >= 0.6 is 11.3 Å². The van der Waals surface area contributed by atoms with Gasteiger partial charge in [-0.25, -0.2) is 19.7 Å². The fourth-order valence-electron chi connectivity index (χ4n) is 4.84. The van der Waals surface area contributed by atoms with Crippen molar-refractivity contribution in [1.29, 1.82) is 0 Å². The lowest BCUT2D eigenvalue weighted by Crippen LogP contribution is -2.48. The van der Waals surface area contributed by atoms with Gasteiger partial charge in [0.15, 0.2) is 0 Å². The minimum absolute atomic E-state index is 0.0193. The van der Waals surface area contributed by atoms with E-state index in [2.05, 4.69) is 20.2 Å². The van der Waals surface area contributed by atoms with E-state index in [1.54, 1.807) is 31.4 Å². The number of carboxylic acid groups (broad SMARTS) is 1. The number of aromatic nitrogens is 3. The molecule has 0 atom stereocenters. The standard InChI is InChI=1S/C24H29N7O3S/c1-29(2)22(32)21-19(15-5-3-4-6-15)20-17(35-21)14-26-23(28-20)27-18-8-7-16(13-25-18)30-9-11-31(12-10-30)24(33)34/h7-8,13-15H,3-6,9-12H2,1-2H3,(H,33,34)(H,25,26,27,28). The van der Waals surface area contributed by atoms with E-state index >= 15 is 0 Å². The Balaban J connectivity index is 1.36. The van der Waals surface area contributed by atoms with Crippen LogP contribution < -0.4 is 10.2 Å². The second kappa shape index (κ2) is 9.65. The van der Waals surface area contributed by atoms with Gasteiger partial charge < -0.3 is 25.1 Å². The Kier molecular flexibility index (Phi) is 6.42. The molecule has 1 saturated heterocycles. The average molecular weight is 496 g/mol. The molecule has 1 aliphatic heterocycles. The molecule has 3 aromatic rings. The molecule has 5 rings (SSSR count). The van der Waals surface area contributed by atoms with Crippen molar-refractivity contribution in [3.05, 3.63) is 35.0 Å². The van der Waals surface area contributed by atoms with E-state index in [0.29, 0.717) is 43.9 Å². The van der Waals surface area contributed by atoms with Gasteiger partial charge in [-0.1, -0.05) is 12.8 Å². The molecule has 0 aromatic carbocycles. The third-order valence-corrected chi connectivity index (χ3v) is 7.85. The van der Waals surface area contributed by atoms with E-state index in [4.69, 9.17) is 10.1 Å². The van der Waals surface area contributed by atoms with E-state index in [1.165, 1.54) is 29.1 Å². The van der Waals surface area contributed by atoms with Crippen molar-refractivity contribution in [2.45, 2.75) is 31.6 Å². The Bertz CT molecular complexity index is 1230. The zero-order valence-electron chi connectivity index (χ0n) is 19.9. The summed E-state index contributed by atoms with van der Waals surface area (Å²) in [7, 11) is 3.57. The van der Waals surface area contributed by atoms with Crippen molar-refractivity contribution >= 4 is 51.0 Å². The lowest BCUT2D eigenvalue weighted by molar-refractivity contribution is 0.0830. The zero-order valence-corrected chi connectivity index (χ0v) is 20.7. The molecule has 2 amide bonds. The van der Waals surface area contributed by atoms with Crippen molar-refractivity contribution in [2.24, 2.45) is 0 Å². The second-order valence-corrected chi connectivity index (χ2v) is 10.3. The molecule has 184 valence electrons. The van der Waals surface area contributed by atoms with Gasteiger partial charge in [0.1, 0.15) is 5.82 Å². The van der Waals surface area contributed by atoms with Crippen LogP contribution in [-0.2, 0) is 0 Å². The molecule has 0 bridgehead atoms. The summed E-state index contributed by atoms with van der Waals surface area (Å²) in [5.41, 5.74) is 2.87. The van der Waals surface area contributed by atoms with Gasteiger partial charge in [-0.2, -0.15) is 0 Å². The highest BCUT2D eigenvalue weighted by molar-refractivity contribution is 7.21. The number of fused-ring (bicyclic) bond motifs is 1. The maximum absolute atomic E-state index is 12.9. The van der Waals surface area contributed by atoms with Crippen LogP contribution in [0.4, 0.5) is 22.2 Å². The first-order chi connectivity index (χ1) is 16.9. The molecule has 2 N–H and O–H groups in total. The van der Waals surface area contributed by atoms with Gasteiger partial charge in [0.05, 0.1) is 33.2 Å². The Hall–Kier alpha value is -3.47. The fourth-order valence-corrected chi connectivity index (χ4v) is 6.06. The predicted octanol–water partition coefficient (Wildman–Crippen LogP) is 3.99. The molecule has 10 nitrogen and oxygen atoms in total. The summed E-state index contributed by atoms with van der Waals surface area (Å²) < 4.78 is 0.923. The quantitative estimate of drug-likeness (QED) is 0.546. The van der Waals surface area contributed by atoms with Crippen LogP contribution in [0.5, 0.6) is 0 Å². The molecule has 11 heteroatoms. The first-order valence-electron chi connectivity index (χ1n) is 11.9. The van der Waals surface area contributed by atoms with E-state index in [1.807, 2.05) is 12.1 Å². The molecule has 3 aromatic heterocycles. The van der Waals surface area contributed by atoms with Crippen molar-refractivity contribution in [2.75, 3.05) is 50.5 Å². The monoisotopic (exact) mass is 495 g/mol. The topological polar surface area (TPSA) is 115 Å². The molecule has 0 unspecified atom stereocenters. The van der Waals surface area contributed by atoms with Gasteiger partial charge in [-0.05, 0) is 30.9 Å². The molecule has 35 heavy (non-hydrogen) atoms. The second-order valence-electron chi connectivity index (χ2n) is 9.22. The number of amides is 2. The first kappa shape index (κ1) is 23.3. The van der Waals surface area contributed by atoms with Crippen molar-refractivity contribution in [1.82, 2.24) is 24.8 Å². The summed E-state index contributed by atoms with van der Waals surface area (Å²) in [6.07, 6.45) is 7.20. The highest BCUT2D eigenvalue weighted by Crippen LogP contribution is 2.43. The number of pyridine rings is 1. The summed E-state index contributed by atoms with van der Waals surface area (Å²) in [4.78, 5) is 43.8. The molecule has 1 saturated carbocycles. The average Bonchev–Trinajstić information content (AvgIpc) is 3.51. The van der Waals surface area contributed by atoms with E-state index in [-0.39, 0.29) is 5.91 Å². The fraction of sp³-hybridized carbons (Fsp3) is 0.458. The molecule has 4 heterocycles. The SMILES string of the molecule is CN(C)C(=O)c1sc2cnc(Nc3ccc(N4CCN(C(=O)O)CC4)cn3)nc2c1C1CCCC1. The van der Waals surface area contributed by atoms with Crippen LogP contribution in [0, 0.1) is 0 Å².